The van der Waals surface area contributed by atoms with E-state index in [2.05, 4.69) is 37.9 Å². The van der Waals surface area contributed by atoms with Crippen molar-refractivity contribution in [2.75, 3.05) is 0 Å². The second-order valence-electron chi connectivity index (χ2n) is 5.29. The first-order valence-electron chi connectivity index (χ1n) is 7.27. The first kappa shape index (κ1) is 17.7. The van der Waals surface area contributed by atoms with Gasteiger partial charge in [-0.1, -0.05) is 0 Å². The molecular formula is C18H14Cl2N2SSe. The van der Waals surface area contributed by atoms with Crippen LogP contribution in [-0.4, -0.2) is 20.6 Å². The van der Waals surface area contributed by atoms with Gasteiger partial charge in [-0.2, -0.15) is 0 Å². The molecule has 2 nitrogen and oxygen atoms in total. The molecule has 0 unspecified atom stereocenters. The van der Waals surface area contributed by atoms with Crippen LogP contribution in [0.5, 0.6) is 0 Å². The van der Waals surface area contributed by atoms with Crippen molar-refractivity contribution in [2.45, 2.75) is 13.5 Å². The van der Waals surface area contributed by atoms with Gasteiger partial charge in [0.15, 0.2) is 0 Å². The van der Waals surface area contributed by atoms with Gasteiger partial charge in [-0.3, -0.25) is 0 Å². The average Bonchev–Trinajstić information content (AvgIpc) is 2.93. The van der Waals surface area contributed by atoms with Crippen molar-refractivity contribution in [2.24, 2.45) is 4.99 Å². The van der Waals surface area contributed by atoms with Gasteiger partial charge in [-0.05, 0) is 0 Å². The molecule has 2 aromatic carbocycles. The van der Waals surface area contributed by atoms with E-state index in [1.807, 2.05) is 48.5 Å². The third kappa shape index (κ3) is 4.27. The molecule has 0 atom stereocenters. The van der Waals surface area contributed by atoms with Crippen LogP contribution < -0.4 is 4.57 Å². The summed E-state index contributed by atoms with van der Waals surface area (Å²) in [6, 6.07) is 15.4. The predicted octanol–water partition coefficient (Wildman–Crippen LogP) is 4.95. The SMILES string of the molecule is Cc1csc(C([Se-])=Nc2ccc(Cl)cc2)[n+]1Cc1ccc(Cl)cc1. The summed E-state index contributed by atoms with van der Waals surface area (Å²) in [6.07, 6.45) is 0. The molecule has 122 valence electrons. The molecule has 0 saturated carbocycles. The maximum atomic E-state index is 5.97. The first-order chi connectivity index (χ1) is 11.5. The number of thiazole rings is 1. The zero-order valence-electron chi connectivity index (χ0n) is 12.9. The van der Waals surface area contributed by atoms with Crippen molar-refractivity contribution in [3.63, 3.8) is 0 Å². The van der Waals surface area contributed by atoms with E-state index in [9.17, 15) is 0 Å². The van der Waals surface area contributed by atoms with E-state index in [-0.39, 0.29) is 0 Å². The van der Waals surface area contributed by atoms with E-state index in [0.29, 0.717) is 5.02 Å². The number of aliphatic imine (C=N–C) groups is 1. The number of hydrogen-bond donors (Lipinski definition) is 0. The van der Waals surface area contributed by atoms with E-state index in [1.165, 1.54) is 11.3 Å². The van der Waals surface area contributed by atoms with Crippen molar-refractivity contribution in [3.05, 3.63) is 80.2 Å². The van der Waals surface area contributed by atoms with Crippen LogP contribution in [0, 0.1) is 6.92 Å². The fraction of sp³-hybridized carbons (Fsp3) is 0.111. The van der Waals surface area contributed by atoms with Crippen LogP contribution in [0.25, 0.3) is 0 Å². The Morgan fingerprint density at radius 2 is 1.62 bits per heavy atom. The molecule has 24 heavy (non-hydrogen) atoms. The summed E-state index contributed by atoms with van der Waals surface area (Å²) in [7, 11) is 0. The normalized spacial score (nSPS) is 11.7. The molecule has 0 amide bonds. The molecule has 1 heterocycles. The molecular weight excluding hydrogens is 426 g/mol. The van der Waals surface area contributed by atoms with Crippen molar-refractivity contribution < 1.29 is 4.57 Å². The second-order valence-corrected chi connectivity index (χ2v) is 7.83. The Morgan fingerprint density at radius 3 is 2.25 bits per heavy atom. The quantitative estimate of drug-likeness (QED) is 0.310. The van der Waals surface area contributed by atoms with Gasteiger partial charge in [0.2, 0.25) is 0 Å². The number of aryl methyl sites for hydroxylation is 1. The summed E-state index contributed by atoms with van der Waals surface area (Å²) in [5.41, 5.74) is 3.27. The van der Waals surface area contributed by atoms with E-state index in [0.717, 1.165) is 26.9 Å². The fourth-order valence-corrected chi connectivity index (χ4v) is 4.14. The Kier molecular flexibility index (Phi) is 5.75. The molecule has 0 fully saturated rings. The van der Waals surface area contributed by atoms with Crippen molar-refractivity contribution in [1.82, 2.24) is 0 Å². The van der Waals surface area contributed by atoms with Gasteiger partial charge in [-0.15, -0.1) is 0 Å². The van der Waals surface area contributed by atoms with E-state index < -0.39 is 0 Å². The second kappa shape index (κ2) is 7.81. The van der Waals surface area contributed by atoms with Crippen LogP contribution in [0.3, 0.4) is 0 Å². The van der Waals surface area contributed by atoms with E-state index >= 15 is 0 Å². The summed E-state index contributed by atoms with van der Waals surface area (Å²) < 4.78 is 3.11. The van der Waals surface area contributed by atoms with Crippen molar-refractivity contribution in [1.29, 1.82) is 0 Å². The average molecular weight is 440 g/mol. The number of hydrogen-bond acceptors (Lipinski definition) is 2. The predicted molar refractivity (Wildman–Crippen MR) is 103 cm³/mol. The topological polar surface area (TPSA) is 16.2 Å². The Balaban J connectivity index is 1.91. The Morgan fingerprint density at radius 1 is 1.04 bits per heavy atom. The summed E-state index contributed by atoms with van der Waals surface area (Å²) in [4.78, 5) is 4.67. The monoisotopic (exact) mass is 440 g/mol. The first-order valence-corrected chi connectivity index (χ1v) is 9.76. The van der Waals surface area contributed by atoms with Crippen molar-refractivity contribution in [3.8, 4) is 0 Å². The summed E-state index contributed by atoms with van der Waals surface area (Å²) >= 11 is 16.7. The van der Waals surface area contributed by atoms with Gasteiger partial charge in [0.05, 0.1) is 0 Å². The van der Waals surface area contributed by atoms with Gasteiger partial charge in [0.1, 0.15) is 0 Å². The number of nitrogens with zero attached hydrogens (tertiary/aromatic N) is 2. The van der Waals surface area contributed by atoms with Gasteiger partial charge in [0.25, 0.3) is 0 Å². The molecule has 0 aliphatic rings. The molecule has 0 bridgehead atoms. The molecule has 0 saturated heterocycles. The summed E-state index contributed by atoms with van der Waals surface area (Å²) in [5, 5.41) is 4.69. The third-order valence-corrected chi connectivity index (χ3v) is 5.99. The number of aromatic nitrogens is 1. The summed E-state index contributed by atoms with van der Waals surface area (Å²) in [6.45, 7) is 2.88. The van der Waals surface area contributed by atoms with Crippen LogP contribution in [0.1, 0.15) is 16.3 Å². The number of halogens is 2. The molecule has 3 aromatic rings. The van der Waals surface area contributed by atoms with Gasteiger partial charge < -0.3 is 0 Å². The van der Waals surface area contributed by atoms with Gasteiger partial charge >= 0.3 is 164 Å². The molecule has 3 rings (SSSR count). The Bertz CT molecular complexity index is 871. The Hall–Kier alpha value is -1.16. The van der Waals surface area contributed by atoms with E-state index in [4.69, 9.17) is 23.2 Å². The number of benzene rings is 2. The molecule has 0 aliphatic heterocycles. The number of rotatable bonds is 4. The maximum absolute atomic E-state index is 5.97. The van der Waals surface area contributed by atoms with Crippen LogP contribution >= 0.6 is 34.5 Å². The van der Waals surface area contributed by atoms with Crippen LogP contribution in [0.2, 0.25) is 10.0 Å². The third-order valence-electron chi connectivity index (χ3n) is 3.51. The van der Waals surface area contributed by atoms with E-state index in [1.54, 1.807) is 11.3 Å². The summed E-state index contributed by atoms with van der Waals surface area (Å²) in [5.74, 6) is 0. The van der Waals surface area contributed by atoms with Gasteiger partial charge in [-0.25, -0.2) is 0 Å². The van der Waals surface area contributed by atoms with Crippen molar-refractivity contribution >= 4 is 60.8 Å². The molecule has 0 radical (unpaired) electrons. The van der Waals surface area contributed by atoms with Crippen LogP contribution in [0.15, 0.2) is 58.9 Å². The minimum atomic E-state index is 0.709. The molecule has 1 aromatic heterocycles. The zero-order chi connectivity index (χ0) is 17.1. The molecule has 0 N–H and O–H groups in total. The fourth-order valence-electron chi connectivity index (χ4n) is 2.24. The Labute approximate surface area is 163 Å². The van der Waals surface area contributed by atoms with Crippen LogP contribution in [0.4, 0.5) is 5.69 Å². The molecule has 0 spiro atoms. The molecule has 0 aliphatic carbocycles. The van der Waals surface area contributed by atoms with Crippen LogP contribution in [-0.2, 0) is 6.54 Å². The standard InChI is InChI=1S/C18H14Cl2N2SSe/c1-12-11-23-18(17(24)21-16-8-6-15(20)7-9-16)22(12)10-13-2-4-14(19)5-3-13/h2-9,11H,10H2,1H3. The molecule has 6 heteroatoms. The minimum absolute atomic E-state index is 0.709. The zero-order valence-corrected chi connectivity index (χ0v) is 16.9. The van der Waals surface area contributed by atoms with Gasteiger partial charge in [0, 0.05) is 0 Å².